The zero-order valence-electron chi connectivity index (χ0n) is 11.0. The monoisotopic (exact) mass is 257 g/mol. The van der Waals surface area contributed by atoms with E-state index in [9.17, 15) is 10.1 Å². The van der Waals surface area contributed by atoms with Gasteiger partial charge in [-0.2, -0.15) is 5.26 Å². The summed E-state index contributed by atoms with van der Waals surface area (Å²) in [6.45, 7) is 0. The van der Waals surface area contributed by atoms with Gasteiger partial charge in [0.05, 0.1) is 12.5 Å². The summed E-state index contributed by atoms with van der Waals surface area (Å²) in [5.74, 6) is -0.0896. The van der Waals surface area contributed by atoms with Crippen LogP contribution < -0.4 is 11.1 Å². The van der Waals surface area contributed by atoms with E-state index in [1.807, 2.05) is 12.1 Å². The number of nitrogens with two attached hydrogens (primary N) is 1. The van der Waals surface area contributed by atoms with Gasteiger partial charge in [0.1, 0.15) is 5.54 Å². The molecule has 0 bridgehead atoms. The highest BCUT2D eigenvalue weighted by Crippen LogP contribution is 2.27. The summed E-state index contributed by atoms with van der Waals surface area (Å²) in [4.78, 5) is 12.0. The summed E-state index contributed by atoms with van der Waals surface area (Å²) < 4.78 is 0. The summed E-state index contributed by atoms with van der Waals surface area (Å²) in [7, 11) is 0. The molecular formula is C15H19N3O. The van der Waals surface area contributed by atoms with Gasteiger partial charge in [-0.05, 0) is 30.5 Å². The first-order valence-corrected chi connectivity index (χ1v) is 6.70. The molecule has 0 aliphatic heterocycles. The van der Waals surface area contributed by atoms with Gasteiger partial charge in [-0.15, -0.1) is 0 Å². The Morgan fingerprint density at radius 3 is 2.47 bits per heavy atom. The molecule has 100 valence electrons. The quantitative estimate of drug-likeness (QED) is 0.814. The molecule has 0 radical (unpaired) electrons. The lowest BCUT2D eigenvalue weighted by atomic mass is 9.82. The largest absolute Gasteiger partial charge is 0.399 e. The van der Waals surface area contributed by atoms with Gasteiger partial charge in [-0.25, -0.2) is 0 Å². The average molecular weight is 257 g/mol. The van der Waals surface area contributed by atoms with Crippen LogP contribution in [0.3, 0.4) is 0 Å². The highest BCUT2D eigenvalue weighted by atomic mass is 16.1. The maximum atomic E-state index is 12.0. The Bertz CT molecular complexity index is 481. The molecule has 1 aliphatic rings. The molecule has 3 N–H and O–H groups in total. The molecule has 0 unspecified atom stereocenters. The molecule has 0 saturated heterocycles. The number of hydrogen-bond donors (Lipinski definition) is 2. The molecule has 4 heteroatoms. The van der Waals surface area contributed by atoms with Gasteiger partial charge in [0, 0.05) is 5.69 Å². The van der Waals surface area contributed by atoms with Crippen molar-refractivity contribution in [1.82, 2.24) is 5.32 Å². The van der Waals surface area contributed by atoms with Crippen molar-refractivity contribution in [3.8, 4) is 6.07 Å². The fraction of sp³-hybridized carbons (Fsp3) is 0.467. The Morgan fingerprint density at radius 2 is 1.89 bits per heavy atom. The first-order chi connectivity index (χ1) is 9.13. The van der Waals surface area contributed by atoms with Gasteiger partial charge in [0.25, 0.3) is 0 Å². The second kappa shape index (κ2) is 5.75. The molecule has 1 aromatic rings. The van der Waals surface area contributed by atoms with Crippen LogP contribution in [-0.4, -0.2) is 11.4 Å². The maximum Gasteiger partial charge on any atom is 0.225 e. The van der Waals surface area contributed by atoms with Gasteiger partial charge in [-0.1, -0.05) is 31.4 Å². The van der Waals surface area contributed by atoms with Gasteiger partial charge >= 0.3 is 0 Å². The van der Waals surface area contributed by atoms with E-state index in [1.54, 1.807) is 12.1 Å². The fourth-order valence-electron chi connectivity index (χ4n) is 2.55. The van der Waals surface area contributed by atoms with Crippen LogP contribution in [0.4, 0.5) is 5.69 Å². The summed E-state index contributed by atoms with van der Waals surface area (Å²) in [5.41, 5.74) is 6.55. The minimum atomic E-state index is -0.650. The Hall–Kier alpha value is -2.02. The van der Waals surface area contributed by atoms with Gasteiger partial charge in [-0.3, -0.25) is 4.79 Å². The van der Waals surface area contributed by atoms with Gasteiger partial charge in [0.15, 0.2) is 0 Å². The van der Waals surface area contributed by atoms with E-state index in [4.69, 9.17) is 5.73 Å². The SMILES string of the molecule is N#CC1(NC(=O)Cc2ccc(N)cc2)CCCCC1. The van der Waals surface area contributed by atoms with E-state index in [0.717, 1.165) is 37.7 Å². The van der Waals surface area contributed by atoms with Crippen molar-refractivity contribution in [2.75, 3.05) is 5.73 Å². The number of nitrogen functional groups attached to an aromatic ring is 1. The molecule has 0 spiro atoms. The van der Waals surface area contributed by atoms with Gasteiger partial charge in [0.2, 0.25) is 5.91 Å². The minimum Gasteiger partial charge on any atom is -0.399 e. The van der Waals surface area contributed by atoms with Crippen LogP contribution in [0.15, 0.2) is 24.3 Å². The number of nitriles is 1. The number of nitrogens with zero attached hydrogens (tertiary/aromatic N) is 1. The topological polar surface area (TPSA) is 78.9 Å². The fourth-order valence-corrected chi connectivity index (χ4v) is 2.55. The van der Waals surface area contributed by atoms with Crippen molar-refractivity contribution < 1.29 is 4.79 Å². The molecule has 1 fully saturated rings. The van der Waals surface area contributed by atoms with Crippen molar-refractivity contribution in [2.24, 2.45) is 0 Å². The summed E-state index contributed by atoms with van der Waals surface area (Å²) >= 11 is 0. The highest BCUT2D eigenvalue weighted by Gasteiger charge is 2.33. The molecule has 19 heavy (non-hydrogen) atoms. The van der Waals surface area contributed by atoms with Crippen LogP contribution in [0, 0.1) is 11.3 Å². The third-order valence-electron chi connectivity index (χ3n) is 3.64. The zero-order valence-corrected chi connectivity index (χ0v) is 11.0. The standard InChI is InChI=1S/C15H19N3O/c16-11-15(8-2-1-3-9-15)18-14(19)10-12-4-6-13(17)7-5-12/h4-7H,1-3,8-10,17H2,(H,18,19). The van der Waals surface area contributed by atoms with E-state index in [2.05, 4.69) is 11.4 Å². The number of rotatable bonds is 3. The molecule has 4 nitrogen and oxygen atoms in total. The van der Waals surface area contributed by atoms with Crippen LogP contribution in [0.5, 0.6) is 0 Å². The molecule has 1 saturated carbocycles. The molecule has 1 aliphatic carbocycles. The lowest BCUT2D eigenvalue weighted by Crippen LogP contribution is -2.49. The molecule has 2 rings (SSSR count). The van der Waals surface area contributed by atoms with E-state index >= 15 is 0 Å². The van der Waals surface area contributed by atoms with Crippen LogP contribution in [0.25, 0.3) is 0 Å². The van der Waals surface area contributed by atoms with E-state index < -0.39 is 5.54 Å². The van der Waals surface area contributed by atoms with Crippen molar-refractivity contribution in [3.63, 3.8) is 0 Å². The number of hydrogen-bond acceptors (Lipinski definition) is 3. The number of nitrogens with one attached hydrogen (secondary N) is 1. The normalized spacial score (nSPS) is 17.4. The molecule has 0 aromatic heterocycles. The van der Waals surface area contributed by atoms with Crippen LogP contribution in [-0.2, 0) is 11.2 Å². The van der Waals surface area contributed by atoms with Crippen molar-refractivity contribution in [1.29, 1.82) is 5.26 Å². The van der Waals surface area contributed by atoms with Crippen molar-refractivity contribution in [3.05, 3.63) is 29.8 Å². The van der Waals surface area contributed by atoms with E-state index in [1.165, 1.54) is 0 Å². The smallest absolute Gasteiger partial charge is 0.225 e. The molecule has 1 amide bonds. The zero-order chi connectivity index (χ0) is 13.7. The average Bonchev–Trinajstić information content (AvgIpc) is 2.42. The summed E-state index contributed by atoms with van der Waals surface area (Å²) in [5, 5.41) is 12.2. The maximum absolute atomic E-state index is 12.0. The third kappa shape index (κ3) is 3.47. The molecule has 0 heterocycles. The Kier molecular flexibility index (Phi) is 4.06. The van der Waals surface area contributed by atoms with E-state index in [0.29, 0.717) is 12.1 Å². The second-order valence-corrected chi connectivity index (χ2v) is 5.22. The first kappa shape index (κ1) is 13.4. The number of carbonyl (C=O) groups excluding carboxylic acids is 1. The number of amides is 1. The Labute approximate surface area is 113 Å². The van der Waals surface area contributed by atoms with E-state index in [-0.39, 0.29) is 5.91 Å². The number of carbonyl (C=O) groups is 1. The van der Waals surface area contributed by atoms with Crippen LogP contribution in [0.2, 0.25) is 0 Å². The lowest BCUT2D eigenvalue weighted by molar-refractivity contribution is -0.122. The second-order valence-electron chi connectivity index (χ2n) is 5.22. The van der Waals surface area contributed by atoms with Crippen molar-refractivity contribution in [2.45, 2.75) is 44.1 Å². The van der Waals surface area contributed by atoms with Crippen molar-refractivity contribution >= 4 is 11.6 Å². The lowest BCUT2D eigenvalue weighted by Gasteiger charge is -2.31. The summed E-state index contributed by atoms with van der Waals surface area (Å²) in [6, 6.07) is 9.54. The Balaban J connectivity index is 1.96. The highest BCUT2D eigenvalue weighted by molar-refractivity contribution is 5.80. The minimum absolute atomic E-state index is 0.0896. The number of benzene rings is 1. The predicted octanol–water partition coefficient (Wildman–Crippen LogP) is 2.15. The predicted molar refractivity (Wildman–Crippen MR) is 74.1 cm³/mol. The number of anilines is 1. The van der Waals surface area contributed by atoms with Crippen LogP contribution in [0.1, 0.15) is 37.7 Å². The molecule has 1 aromatic carbocycles. The summed E-state index contributed by atoms with van der Waals surface area (Å²) in [6.07, 6.45) is 4.99. The van der Waals surface area contributed by atoms with Crippen LogP contribution >= 0.6 is 0 Å². The Morgan fingerprint density at radius 1 is 1.26 bits per heavy atom. The molecular weight excluding hydrogens is 238 g/mol. The van der Waals surface area contributed by atoms with Gasteiger partial charge < -0.3 is 11.1 Å². The third-order valence-corrected chi connectivity index (χ3v) is 3.64. The first-order valence-electron chi connectivity index (χ1n) is 6.70. The molecule has 0 atom stereocenters.